The van der Waals surface area contributed by atoms with Gasteiger partial charge in [0.05, 0.1) is 11.0 Å². The predicted octanol–water partition coefficient (Wildman–Crippen LogP) is 5.80. The van der Waals surface area contributed by atoms with Gasteiger partial charge in [0.15, 0.2) is 11.6 Å². The molecule has 1 saturated heterocycles. The number of carbonyl (C=O) groups is 3. The fourth-order valence-corrected chi connectivity index (χ4v) is 11.3. The molecule has 5 nitrogen and oxygen atoms in total. The van der Waals surface area contributed by atoms with Crippen molar-refractivity contribution in [2.45, 2.75) is 99.0 Å². The Morgan fingerprint density at radius 2 is 1.57 bits per heavy atom. The SMILES string of the molecule is CN1C(=O)[C@]23CCC(C)(C)C[C@H]2[C@]12C(=O)C=C1[C@@]4(C)C=C(C#N)C(=O)C(C)(C)[C@@H]4CC[C@@]1(C)[C@]2(C)CC3. The zero-order chi connectivity index (χ0) is 27.2. The molecule has 0 aromatic heterocycles. The highest BCUT2D eigenvalue weighted by atomic mass is 16.2. The number of allylic oxidation sites excluding steroid dienone is 3. The van der Waals surface area contributed by atoms with Crippen molar-refractivity contribution in [2.24, 2.45) is 44.3 Å². The average molecular weight is 503 g/mol. The summed E-state index contributed by atoms with van der Waals surface area (Å²) in [6.45, 7) is 15.3. The fourth-order valence-electron chi connectivity index (χ4n) is 11.3. The van der Waals surface area contributed by atoms with Crippen LogP contribution in [0.1, 0.15) is 93.4 Å². The number of Topliss-reactive ketones (excluding diaryl/α,β-unsaturated/α-hetero) is 1. The van der Waals surface area contributed by atoms with Gasteiger partial charge in [-0.1, -0.05) is 54.5 Å². The number of hydrogen-bond acceptors (Lipinski definition) is 4. The van der Waals surface area contributed by atoms with Crippen LogP contribution in [0.15, 0.2) is 23.3 Å². The molecule has 1 aliphatic heterocycles. The topological polar surface area (TPSA) is 78.2 Å². The highest BCUT2D eigenvalue weighted by Crippen LogP contribution is 2.78. The van der Waals surface area contributed by atoms with Gasteiger partial charge in [0.1, 0.15) is 11.6 Å². The molecule has 0 unspecified atom stereocenters. The molecule has 3 saturated carbocycles. The first-order chi connectivity index (χ1) is 17.0. The molecule has 5 aliphatic carbocycles. The number of fused-ring (bicyclic) bond motifs is 4. The van der Waals surface area contributed by atoms with Gasteiger partial charge < -0.3 is 4.90 Å². The molecule has 7 atom stereocenters. The van der Waals surface area contributed by atoms with E-state index >= 15 is 0 Å². The molecule has 2 bridgehead atoms. The summed E-state index contributed by atoms with van der Waals surface area (Å²) >= 11 is 0. The number of nitriles is 1. The summed E-state index contributed by atoms with van der Waals surface area (Å²) in [7, 11) is 1.91. The highest BCUT2D eigenvalue weighted by Gasteiger charge is 2.82. The van der Waals surface area contributed by atoms with Crippen molar-refractivity contribution in [1.82, 2.24) is 4.90 Å². The molecule has 0 aromatic rings. The maximum atomic E-state index is 14.8. The Morgan fingerprint density at radius 3 is 2.22 bits per heavy atom. The maximum Gasteiger partial charge on any atom is 0.229 e. The molecular formula is C32H42N2O3. The van der Waals surface area contributed by atoms with E-state index in [4.69, 9.17) is 0 Å². The van der Waals surface area contributed by atoms with Gasteiger partial charge in [0, 0.05) is 29.2 Å². The lowest BCUT2D eigenvalue weighted by Crippen LogP contribution is -2.74. The van der Waals surface area contributed by atoms with Crippen molar-refractivity contribution in [3.63, 3.8) is 0 Å². The van der Waals surface area contributed by atoms with E-state index in [0.29, 0.717) is 0 Å². The molecule has 5 heteroatoms. The standard InChI is InChI=1S/C32H42N2O3/c1-26(2)11-13-31-14-12-30(7)29(6)10-9-20-27(3,4)24(36)19(18-33)16-28(20,5)21(29)15-23(35)32(30,22(31)17-26)34(8)25(31)37/h15-16,20,22H,9-14,17H2,1-8H3/t20-,22+,28-,29+,30-,31-,32+/m0/s1. The molecule has 198 valence electrons. The van der Waals surface area contributed by atoms with Gasteiger partial charge in [-0.3, -0.25) is 14.4 Å². The van der Waals surface area contributed by atoms with E-state index < -0.39 is 27.2 Å². The Kier molecular flexibility index (Phi) is 4.52. The third kappa shape index (κ3) is 2.38. The van der Waals surface area contributed by atoms with Crippen LogP contribution in [0, 0.1) is 55.7 Å². The van der Waals surface area contributed by atoms with Crippen LogP contribution in [0.3, 0.4) is 0 Å². The first kappa shape index (κ1) is 25.1. The predicted molar refractivity (Wildman–Crippen MR) is 141 cm³/mol. The molecule has 1 amide bonds. The fraction of sp³-hybridized carbons (Fsp3) is 0.750. The summed E-state index contributed by atoms with van der Waals surface area (Å²) in [5, 5.41) is 9.91. The van der Waals surface area contributed by atoms with E-state index in [0.717, 1.165) is 50.5 Å². The summed E-state index contributed by atoms with van der Waals surface area (Å²) in [5.41, 5.74) is -1.86. The Labute approximate surface area is 221 Å². The van der Waals surface area contributed by atoms with Crippen LogP contribution in [0.25, 0.3) is 0 Å². The quantitative estimate of drug-likeness (QED) is 0.419. The van der Waals surface area contributed by atoms with E-state index in [1.54, 1.807) is 0 Å². The minimum atomic E-state index is -0.844. The molecule has 0 aromatic carbocycles. The van der Waals surface area contributed by atoms with Crippen LogP contribution >= 0.6 is 0 Å². The molecule has 6 rings (SSSR count). The third-order valence-electron chi connectivity index (χ3n) is 13.3. The van der Waals surface area contributed by atoms with Crippen molar-refractivity contribution >= 4 is 17.5 Å². The molecule has 37 heavy (non-hydrogen) atoms. The zero-order valence-electron chi connectivity index (χ0n) is 23.9. The number of likely N-dealkylation sites (tertiary alicyclic amines) is 1. The molecule has 4 fully saturated rings. The first-order valence-electron chi connectivity index (χ1n) is 14.2. The number of amides is 1. The molecule has 6 aliphatic rings. The monoisotopic (exact) mass is 502 g/mol. The lowest BCUT2D eigenvalue weighted by Gasteiger charge is -2.70. The van der Waals surface area contributed by atoms with Gasteiger partial charge in [-0.2, -0.15) is 5.26 Å². The van der Waals surface area contributed by atoms with Crippen LogP contribution in [0.5, 0.6) is 0 Å². The van der Waals surface area contributed by atoms with E-state index in [-0.39, 0.29) is 45.7 Å². The van der Waals surface area contributed by atoms with E-state index in [1.807, 2.05) is 37.9 Å². The van der Waals surface area contributed by atoms with Gasteiger partial charge in [0.2, 0.25) is 5.91 Å². The first-order valence-corrected chi connectivity index (χ1v) is 14.2. The van der Waals surface area contributed by atoms with Crippen LogP contribution in [0.4, 0.5) is 0 Å². The van der Waals surface area contributed by atoms with Crippen molar-refractivity contribution in [1.29, 1.82) is 5.26 Å². The highest BCUT2D eigenvalue weighted by molar-refractivity contribution is 6.08. The molecule has 1 heterocycles. The summed E-state index contributed by atoms with van der Waals surface area (Å²) in [5.74, 6) is 0.211. The number of rotatable bonds is 0. The van der Waals surface area contributed by atoms with Gasteiger partial charge in [0.25, 0.3) is 0 Å². The van der Waals surface area contributed by atoms with Gasteiger partial charge >= 0.3 is 0 Å². The zero-order valence-corrected chi connectivity index (χ0v) is 23.9. The van der Waals surface area contributed by atoms with Crippen LogP contribution in [-0.2, 0) is 14.4 Å². The normalized spacial score (nSPS) is 49.2. The Morgan fingerprint density at radius 1 is 0.919 bits per heavy atom. The Bertz CT molecular complexity index is 1280. The number of likely N-dealkylation sites (N-methyl/N-ethyl adjacent to an activating group) is 1. The third-order valence-corrected chi connectivity index (χ3v) is 13.3. The summed E-state index contributed by atoms with van der Waals surface area (Å²) < 4.78 is 0. The van der Waals surface area contributed by atoms with Crippen LogP contribution < -0.4 is 0 Å². The summed E-state index contributed by atoms with van der Waals surface area (Å²) in [6.07, 6.45) is 10.0. The lowest BCUT2D eigenvalue weighted by atomic mass is 9.33. The number of carbonyl (C=O) groups excluding carboxylic acids is 3. The van der Waals surface area contributed by atoms with Gasteiger partial charge in [-0.15, -0.1) is 0 Å². The van der Waals surface area contributed by atoms with Crippen molar-refractivity contribution in [3.8, 4) is 6.07 Å². The van der Waals surface area contributed by atoms with Crippen molar-refractivity contribution in [3.05, 3.63) is 23.3 Å². The number of hydrogen-bond donors (Lipinski definition) is 0. The maximum absolute atomic E-state index is 14.8. The average Bonchev–Trinajstić information content (AvgIpc) is 2.95. The molecular weight excluding hydrogens is 460 g/mol. The second kappa shape index (κ2) is 6.67. The smallest absolute Gasteiger partial charge is 0.229 e. The molecule has 0 radical (unpaired) electrons. The van der Waals surface area contributed by atoms with E-state index in [9.17, 15) is 19.6 Å². The minimum absolute atomic E-state index is 0.0160. The molecule has 1 spiro atoms. The van der Waals surface area contributed by atoms with Crippen LogP contribution in [-0.4, -0.2) is 35.0 Å². The second-order valence-corrected chi connectivity index (χ2v) is 15.4. The Hall–Kier alpha value is -2.22. The summed E-state index contributed by atoms with van der Waals surface area (Å²) in [6, 6.07) is 2.18. The van der Waals surface area contributed by atoms with Crippen molar-refractivity contribution < 1.29 is 14.4 Å². The van der Waals surface area contributed by atoms with Gasteiger partial charge in [-0.05, 0) is 73.3 Å². The molecule has 0 N–H and O–H groups in total. The van der Waals surface area contributed by atoms with E-state index in [1.165, 1.54) is 0 Å². The van der Waals surface area contributed by atoms with Crippen molar-refractivity contribution in [2.75, 3.05) is 7.05 Å². The lowest BCUT2D eigenvalue weighted by molar-refractivity contribution is -0.178. The number of nitrogens with zero attached hydrogens (tertiary/aromatic N) is 2. The van der Waals surface area contributed by atoms with Crippen LogP contribution in [0.2, 0.25) is 0 Å². The summed E-state index contributed by atoms with van der Waals surface area (Å²) in [4.78, 5) is 44.1. The largest absolute Gasteiger partial charge is 0.331 e. The second-order valence-electron chi connectivity index (χ2n) is 15.4. The Balaban J connectivity index is 1.63. The van der Waals surface area contributed by atoms with Gasteiger partial charge in [-0.25, -0.2) is 0 Å². The minimum Gasteiger partial charge on any atom is -0.331 e. The number of ketones is 2. The van der Waals surface area contributed by atoms with E-state index in [2.05, 4.69) is 40.7 Å².